The molecule has 2 N–H and O–H groups in total. The second kappa shape index (κ2) is 5.36. The largest absolute Gasteiger partial charge is 0.324 e. The lowest BCUT2D eigenvalue weighted by atomic mass is 10.1. The summed E-state index contributed by atoms with van der Waals surface area (Å²) >= 11 is 0. The van der Waals surface area contributed by atoms with Crippen molar-refractivity contribution in [3.63, 3.8) is 0 Å². The number of para-hydroxylation sites is 1. The van der Waals surface area contributed by atoms with Gasteiger partial charge in [-0.25, -0.2) is 0 Å². The lowest BCUT2D eigenvalue weighted by Gasteiger charge is -2.08. The van der Waals surface area contributed by atoms with Crippen molar-refractivity contribution in [1.29, 1.82) is 0 Å². The first kappa shape index (κ1) is 13.3. The van der Waals surface area contributed by atoms with Gasteiger partial charge in [0.1, 0.15) is 0 Å². The van der Waals surface area contributed by atoms with Crippen molar-refractivity contribution in [2.45, 2.75) is 20.3 Å². The predicted octanol–water partition coefficient (Wildman–Crippen LogP) is 2.76. The quantitative estimate of drug-likeness (QED) is 0.775. The Morgan fingerprint density at radius 2 is 2.05 bits per heavy atom. The van der Waals surface area contributed by atoms with Gasteiger partial charge in [-0.15, -0.1) is 0 Å². The predicted molar refractivity (Wildman–Crippen MR) is 82.1 cm³/mol. The van der Waals surface area contributed by atoms with Crippen molar-refractivity contribution in [3.05, 3.63) is 53.5 Å². The maximum atomic E-state index is 12.2. The zero-order valence-corrected chi connectivity index (χ0v) is 12.0. The van der Waals surface area contributed by atoms with Crippen LogP contribution in [0, 0.1) is 13.8 Å². The van der Waals surface area contributed by atoms with Gasteiger partial charge in [0.15, 0.2) is 0 Å². The Morgan fingerprint density at radius 1 is 1.24 bits per heavy atom. The zero-order valence-electron chi connectivity index (χ0n) is 12.0. The van der Waals surface area contributed by atoms with Crippen LogP contribution in [0.3, 0.4) is 0 Å². The number of nitrogens with zero attached hydrogens (tertiary/aromatic N) is 2. The summed E-state index contributed by atoms with van der Waals surface area (Å²) in [6, 6.07) is 9.60. The van der Waals surface area contributed by atoms with Gasteiger partial charge in [0.25, 0.3) is 0 Å². The molecular weight excluding hydrogens is 264 g/mol. The van der Waals surface area contributed by atoms with Crippen LogP contribution in [-0.4, -0.2) is 21.1 Å². The first-order valence-electron chi connectivity index (χ1n) is 6.79. The molecule has 0 fully saturated rings. The molecule has 0 radical (unpaired) electrons. The van der Waals surface area contributed by atoms with E-state index in [9.17, 15) is 4.79 Å². The highest BCUT2D eigenvalue weighted by Crippen LogP contribution is 2.21. The molecule has 2 heterocycles. The molecule has 5 heteroatoms. The summed E-state index contributed by atoms with van der Waals surface area (Å²) in [5.41, 5.74) is 4.27. The van der Waals surface area contributed by atoms with Crippen LogP contribution in [0.15, 0.2) is 36.5 Å². The van der Waals surface area contributed by atoms with Gasteiger partial charge in [-0.1, -0.05) is 18.2 Å². The van der Waals surface area contributed by atoms with Gasteiger partial charge < -0.3 is 5.32 Å². The van der Waals surface area contributed by atoms with Crippen LogP contribution in [-0.2, 0) is 11.2 Å². The SMILES string of the molecule is Cc1n[nH]c(C)c1CC(=O)Nc1cccc2cccnc12. The maximum Gasteiger partial charge on any atom is 0.228 e. The molecular formula is C16H16N4O. The molecule has 5 nitrogen and oxygen atoms in total. The molecule has 1 aromatic carbocycles. The van der Waals surface area contributed by atoms with Crippen molar-refractivity contribution in [2.24, 2.45) is 0 Å². The number of H-pyrrole nitrogens is 1. The highest BCUT2D eigenvalue weighted by molar-refractivity contribution is 6.00. The molecule has 0 bridgehead atoms. The fourth-order valence-electron chi connectivity index (χ4n) is 2.39. The average molecular weight is 280 g/mol. The summed E-state index contributed by atoms with van der Waals surface area (Å²) in [6.45, 7) is 3.81. The van der Waals surface area contributed by atoms with Crippen molar-refractivity contribution in [3.8, 4) is 0 Å². The number of rotatable bonds is 3. The molecule has 0 aliphatic heterocycles. The van der Waals surface area contributed by atoms with Gasteiger partial charge in [0, 0.05) is 22.8 Å². The molecule has 0 aliphatic carbocycles. The van der Waals surface area contributed by atoms with E-state index >= 15 is 0 Å². The molecule has 1 amide bonds. The highest BCUT2D eigenvalue weighted by atomic mass is 16.1. The lowest BCUT2D eigenvalue weighted by molar-refractivity contribution is -0.115. The minimum absolute atomic E-state index is 0.0687. The summed E-state index contributed by atoms with van der Waals surface area (Å²) in [5, 5.41) is 10.9. The number of hydrogen-bond donors (Lipinski definition) is 2. The summed E-state index contributed by atoms with van der Waals surface area (Å²) < 4.78 is 0. The molecule has 106 valence electrons. The van der Waals surface area contributed by atoms with Crippen LogP contribution >= 0.6 is 0 Å². The number of carbonyl (C=O) groups is 1. The Balaban J connectivity index is 1.84. The standard InChI is InChI=1S/C16H16N4O/c1-10-13(11(2)20-19-10)9-15(21)18-14-7-3-5-12-6-4-8-17-16(12)14/h3-8H,9H2,1-2H3,(H,18,21)(H,19,20). The van der Waals surface area contributed by atoms with Crippen LogP contribution < -0.4 is 5.32 Å². The minimum Gasteiger partial charge on any atom is -0.324 e. The third-order valence-electron chi connectivity index (χ3n) is 3.52. The van der Waals surface area contributed by atoms with E-state index in [0.717, 1.165) is 33.5 Å². The number of amides is 1. The minimum atomic E-state index is -0.0687. The number of benzene rings is 1. The Bertz CT molecular complexity index is 782. The molecule has 0 saturated heterocycles. The number of pyridine rings is 1. The monoisotopic (exact) mass is 280 g/mol. The van der Waals surface area contributed by atoms with E-state index in [-0.39, 0.29) is 5.91 Å². The number of aryl methyl sites for hydroxylation is 2. The molecule has 0 unspecified atom stereocenters. The smallest absolute Gasteiger partial charge is 0.228 e. The number of fused-ring (bicyclic) bond motifs is 1. The first-order valence-corrected chi connectivity index (χ1v) is 6.79. The normalized spacial score (nSPS) is 10.8. The van der Waals surface area contributed by atoms with E-state index in [1.165, 1.54) is 0 Å². The summed E-state index contributed by atoms with van der Waals surface area (Å²) in [5.74, 6) is -0.0687. The third kappa shape index (κ3) is 2.63. The molecule has 0 spiro atoms. The molecule has 0 saturated carbocycles. The maximum absolute atomic E-state index is 12.2. The Hall–Kier alpha value is -2.69. The number of anilines is 1. The van der Waals surface area contributed by atoms with Crippen molar-refractivity contribution >= 4 is 22.5 Å². The van der Waals surface area contributed by atoms with Crippen LogP contribution in [0.25, 0.3) is 10.9 Å². The van der Waals surface area contributed by atoms with E-state index < -0.39 is 0 Å². The first-order chi connectivity index (χ1) is 10.1. The van der Waals surface area contributed by atoms with Crippen LogP contribution in [0.5, 0.6) is 0 Å². The Labute approximate surface area is 122 Å². The van der Waals surface area contributed by atoms with Crippen LogP contribution in [0.1, 0.15) is 17.0 Å². The van der Waals surface area contributed by atoms with Crippen molar-refractivity contribution in [2.75, 3.05) is 5.32 Å². The van der Waals surface area contributed by atoms with Crippen LogP contribution in [0.2, 0.25) is 0 Å². The van der Waals surface area contributed by atoms with Gasteiger partial charge in [-0.2, -0.15) is 5.10 Å². The van der Waals surface area contributed by atoms with Crippen molar-refractivity contribution < 1.29 is 4.79 Å². The Morgan fingerprint density at radius 3 is 2.81 bits per heavy atom. The number of aromatic nitrogens is 3. The number of nitrogens with one attached hydrogen (secondary N) is 2. The fourth-order valence-corrected chi connectivity index (χ4v) is 2.39. The number of hydrogen-bond acceptors (Lipinski definition) is 3. The molecule has 0 atom stereocenters. The van der Waals surface area contributed by atoms with E-state index in [2.05, 4.69) is 20.5 Å². The van der Waals surface area contributed by atoms with Gasteiger partial charge in [-0.3, -0.25) is 14.9 Å². The number of carbonyl (C=O) groups excluding carboxylic acids is 1. The summed E-state index contributed by atoms with van der Waals surface area (Å²) in [7, 11) is 0. The summed E-state index contributed by atoms with van der Waals surface area (Å²) in [6.07, 6.45) is 2.03. The van der Waals surface area contributed by atoms with Crippen LogP contribution in [0.4, 0.5) is 5.69 Å². The molecule has 2 aromatic heterocycles. The Kier molecular flexibility index (Phi) is 3.39. The van der Waals surface area contributed by atoms with Gasteiger partial charge >= 0.3 is 0 Å². The highest BCUT2D eigenvalue weighted by Gasteiger charge is 2.12. The fraction of sp³-hybridized carbons (Fsp3) is 0.188. The topological polar surface area (TPSA) is 70.7 Å². The van der Waals surface area contributed by atoms with Gasteiger partial charge in [-0.05, 0) is 26.0 Å². The second-order valence-corrected chi connectivity index (χ2v) is 5.02. The lowest BCUT2D eigenvalue weighted by Crippen LogP contribution is -2.15. The molecule has 21 heavy (non-hydrogen) atoms. The van der Waals surface area contributed by atoms with Crippen molar-refractivity contribution in [1.82, 2.24) is 15.2 Å². The van der Waals surface area contributed by atoms with E-state index in [1.807, 2.05) is 44.2 Å². The third-order valence-corrected chi connectivity index (χ3v) is 3.52. The summed E-state index contributed by atoms with van der Waals surface area (Å²) in [4.78, 5) is 16.6. The second-order valence-electron chi connectivity index (χ2n) is 5.02. The molecule has 3 rings (SSSR count). The zero-order chi connectivity index (χ0) is 14.8. The average Bonchev–Trinajstić information content (AvgIpc) is 2.79. The van der Waals surface area contributed by atoms with E-state index in [0.29, 0.717) is 6.42 Å². The number of aromatic amines is 1. The van der Waals surface area contributed by atoms with Gasteiger partial charge in [0.05, 0.1) is 23.3 Å². The molecule has 3 aromatic rings. The van der Waals surface area contributed by atoms with Gasteiger partial charge in [0.2, 0.25) is 5.91 Å². The van der Waals surface area contributed by atoms with E-state index in [4.69, 9.17) is 0 Å². The molecule has 0 aliphatic rings. The van der Waals surface area contributed by atoms with E-state index in [1.54, 1.807) is 6.20 Å².